The number of nitrogens with zero attached hydrogens (tertiary/aromatic N) is 1. The molecule has 130 valence electrons. The van der Waals surface area contributed by atoms with Gasteiger partial charge in [-0.25, -0.2) is 18.9 Å². The third-order valence-corrected chi connectivity index (χ3v) is 4.07. The number of phosphoric acid groups is 1. The van der Waals surface area contributed by atoms with E-state index < -0.39 is 25.9 Å². The Morgan fingerprint density at radius 3 is 2.39 bits per heavy atom. The molecule has 0 aromatic heterocycles. The number of aliphatic carboxylic acids is 1. The average Bonchev–Trinajstić information content (AvgIpc) is 2.88. The Hall–Kier alpha value is -1.74. The maximum absolute atomic E-state index is 11.9. The smallest absolute Gasteiger partial charge is 0.475 e. The van der Waals surface area contributed by atoms with Gasteiger partial charge in [-0.05, 0) is 13.8 Å². The molecule has 1 aliphatic rings. The maximum atomic E-state index is 11.9. The molecule has 1 N–H and O–H groups in total. The van der Waals surface area contributed by atoms with Gasteiger partial charge in [-0.2, -0.15) is 0 Å². The molecule has 10 nitrogen and oxygen atoms in total. The molecule has 0 aliphatic carbocycles. The highest BCUT2D eigenvalue weighted by Crippen LogP contribution is 2.52. The van der Waals surface area contributed by atoms with Crippen molar-refractivity contribution in [2.24, 2.45) is 0 Å². The van der Waals surface area contributed by atoms with E-state index >= 15 is 0 Å². The van der Waals surface area contributed by atoms with Crippen LogP contribution in [-0.4, -0.2) is 60.4 Å². The molecule has 0 aromatic rings. The fraction of sp³-hybridized carbons (Fsp3) is 0.583. The molecule has 1 rings (SSSR count). The van der Waals surface area contributed by atoms with Crippen molar-refractivity contribution in [3.63, 3.8) is 0 Å². The molecule has 0 unspecified atom stereocenters. The van der Waals surface area contributed by atoms with Gasteiger partial charge in [0.05, 0.1) is 19.8 Å². The minimum atomic E-state index is -3.56. The summed E-state index contributed by atoms with van der Waals surface area (Å²) in [5.74, 6) is -2.45. The van der Waals surface area contributed by atoms with Crippen molar-refractivity contribution >= 4 is 25.9 Å². The second kappa shape index (κ2) is 8.78. The monoisotopic (exact) mass is 351 g/mol. The van der Waals surface area contributed by atoms with Crippen molar-refractivity contribution in [1.82, 2.24) is 4.90 Å². The lowest BCUT2D eigenvalue weighted by Gasteiger charge is -2.25. The van der Waals surface area contributed by atoms with E-state index in [9.17, 15) is 18.9 Å². The highest BCUT2D eigenvalue weighted by molar-refractivity contribution is 7.48. The van der Waals surface area contributed by atoms with E-state index in [-0.39, 0.29) is 32.4 Å². The summed E-state index contributed by atoms with van der Waals surface area (Å²) in [6.45, 7) is 3.50. The second-order valence-electron chi connectivity index (χ2n) is 4.59. The fourth-order valence-corrected chi connectivity index (χ4v) is 2.66. The number of amides is 1. The number of rotatable bonds is 7. The van der Waals surface area contributed by atoms with E-state index in [2.05, 4.69) is 4.74 Å². The van der Waals surface area contributed by atoms with E-state index in [0.29, 0.717) is 12.2 Å². The molecular weight excluding hydrogens is 333 g/mol. The average molecular weight is 351 g/mol. The summed E-state index contributed by atoms with van der Waals surface area (Å²) < 4.78 is 30.9. The topological polar surface area (TPSA) is 129 Å². The number of hydrogen-bond acceptors (Lipinski definition) is 8. The van der Waals surface area contributed by atoms with Crippen molar-refractivity contribution in [1.29, 1.82) is 0 Å². The molecule has 0 radical (unpaired) electrons. The Labute approximate surface area is 132 Å². The predicted molar refractivity (Wildman–Crippen MR) is 75.6 cm³/mol. The van der Waals surface area contributed by atoms with Crippen molar-refractivity contribution in [2.45, 2.75) is 19.9 Å². The first-order valence-corrected chi connectivity index (χ1v) is 8.16. The Kier molecular flexibility index (Phi) is 7.37. The number of carbonyl (C=O) groups is 3. The number of carbonyl (C=O) groups excluding carboxylic acids is 2. The molecule has 11 heteroatoms. The van der Waals surface area contributed by atoms with Crippen LogP contribution in [0.1, 0.15) is 13.8 Å². The second-order valence-corrected chi connectivity index (χ2v) is 6.26. The summed E-state index contributed by atoms with van der Waals surface area (Å²) in [7, 11) is -3.56. The first-order valence-electron chi connectivity index (χ1n) is 6.70. The number of hydrogen-bond donors (Lipinski definition) is 1. The van der Waals surface area contributed by atoms with E-state index in [1.54, 1.807) is 13.8 Å². The van der Waals surface area contributed by atoms with Crippen LogP contribution in [-0.2, 0) is 32.5 Å². The van der Waals surface area contributed by atoms with Gasteiger partial charge in [0, 0.05) is 24.7 Å². The van der Waals surface area contributed by atoms with Crippen molar-refractivity contribution in [2.75, 3.05) is 26.4 Å². The van der Waals surface area contributed by atoms with Crippen molar-refractivity contribution in [3.8, 4) is 0 Å². The molecule has 0 bridgehead atoms. The fourth-order valence-electron chi connectivity index (χ4n) is 1.54. The molecule has 0 spiro atoms. The summed E-state index contributed by atoms with van der Waals surface area (Å²) in [6, 6.07) is -0.339. The van der Waals surface area contributed by atoms with Crippen LogP contribution in [0.3, 0.4) is 0 Å². The van der Waals surface area contributed by atoms with Crippen LogP contribution < -0.4 is 0 Å². The van der Waals surface area contributed by atoms with Gasteiger partial charge in [-0.3, -0.25) is 13.6 Å². The van der Waals surface area contributed by atoms with Gasteiger partial charge in [0.25, 0.3) is 0 Å². The molecule has 1 aliphatic heterocycles. The third kappa shape index (κ3) is 6.91. The Morgan fingerprint density at radius 2 is 1.87 bits per heavy atom. The molecule has 1 saturated heterocycles. The lowest BCUT2D eigenvalue weighted by molar-refractivity contribution is -0.135. The van der Waals surface area contributed by atoms with Crippen LogP contribution in [0, 0.1) is 0 Å². The van der Waals surface area contributed by atoms with Crippen molar-refractivity contribution in [3.05, 3.63) is 12.2 Å². The standard InChI is InChI=1S/C12H18NO9P/c1-9(2)13(5-6-19-23(18)20-7-8-21-23)12(17)22-11(16)4-3-10(14)15/h3-4,9H,5-8H2,1-2H3,(H,14,15)/b4-3+. The van der Waals surface area contributed by atoms with Gasteiger partial charge < -0.3 is 14.7 Å². The van der Waals surface area contributed by atoms with Crippen molar-refractivity contribution < 1.29 is 42.4 Å². The highest BCUT2D eigenvalue weighted by atomic mass is 31.2. The van der Waals surface area contributed by atoms with Gasteiger partial charge in [-0.15, -0.1) is 0 Å². The largest absolute Gasteiger partial charge is 0.478 e. The zero-order chi connectivity index (χ0) is 17.5. The molecule has 0 saturated carbocycles. The Balaban J connectivity index is 2.49. The molecule has 0 atom stereocenters. The van der Waals surface area contributed by atoms with Crippen LogP contribution in [0.5, 0.6) is 0 Å². The molecule has 1 heterocycles. The van der Waals surface area contributed by atoms with Crippen LogP contribution in [0.4, 0.5) is 4.79 Å². The number of esters is 1. The van der Waals surface area contributed by atoms with E-state index in [0.717, 1.165) is 4.90 Å². The van der Waals surface area contributed by atoms with Crippen LogP contribution >= 0.6 is 7.82 Å². The molecule has 0 aromatic carbocycles. The summed E-state index contributed by atoms with van der Waals surface area (Å²) in [6.07, 6.45) is 0.196. The maximum Gasteiger partial charge on any atom is 0.475 e. The highest BCUT2D eigenvalue weighted by Gasteiger charge is 2.32. The zero-order valence-corrected chi connectivity index (χ0v) is 13.6. The summed E-state index contributed by atoms with van der Waals surface area (Å²) in [4.78, 5) is 34.6. The SMILES string of the molecule is CC(C)N(CCOP1(=O)OCCO1)C(=O)OC(=O)/C=C/C(=O)O. The van der Waals surface area contributed by atoms with Gasteiger partial charge in [-0.1, -0.05) is 0 Å². The molecule has 1 amide bonds. The zero-order valence-electron chi connectivity index (χ0n) is 12.7. The van der Waals surface area contributed by atoms with E-state index in [1.807, 2.05) is 0 Å². The molecule has 23 heavy (non-hydrogen) atoms. The number of ether oxygens (including phenoxy) is 1. The van der Waals surface area contributed by atoms with Gasteiger partial charge in [0.1, 0.15) is 0 Å². The molecular formula is C12H18NO9P. The molecule has 1 fully saturated rings. The lowest BCUT2D eigenvalue weighted by Crippen LogP contribution is -2.40. The Morgan fingerprint density at radius 1 is 1.26 bits per heavy atom. The van der Waals surface area contributed by atoms with Gasteiger partial charge in [0.2, 0.25) is 0 Å². The minimum absolute atomic E-state index is 0.0247. The minimum Gasteiger partial charge on any atom is -0.478 e. The lowest BCUT2D eigenvalue weighted by atomic mass is 10.3. The normalized spacial score (nSPS) is 16.7. The van der Waals surface area contributed by atoms with E-state index in [1.165, 1.54) is 0 Å². The number of phosphoric ester groups is 1. The van der Waals surface area contributed by atoms with Crippen LogP contribution in [0.25, 0.3) is 0 Å². The first-order chi connectivity index (χ1) is 10.7. The van der Waals surface area contributed by atoms with E-state index in [4.69, 9.17) is 18.7 Å². The quantitative estimate of drug-likeness (QED) is 0.311. The van der Waals surface area contributed by atoms with Gasteiger partial charge >= 0.3 is 25.9 Å². The van der Waals surface area contributed by atoms with Gasteiger partial charge in [0.15, 0.2) is 0 Å². The first kappa shape index (κ1) is 19.3. The number of carboxylic acids is 1. The predicted octanol–water partition coefficient (Wildman–Crippen LogP) is 1.17. The summed E-state index contributed by atoms with van der Waals surface area (Å²) >= 11 is 0. The third-order valence-electron chi connectivity index (χ3n) is 2.57. The summed E-state index contributed by atoms with van der Waals surface area (Å²) in [5, 5.41) is 8.38. The van der Waals surface area contributed by atoms with Crippen LogP contribution in [0.15, 0.2) is 12.2 Å². The van der Waals surface area contributed by atoms with Crippen LogP contribution in [0.2, 0.25) is 0 Å². The summed E-state index contributed by atoms with van der Waals surface area (Å²) in [5.41, 5.74) is 0. The number of carboxylic acid groups (broad SMARTS) is 1. The Bertz CT molecular complexity index is 521.